The Bertz CT molecular complexity index is 667. The molecule has 0 radical (unpaired) electrons. The maximum absolute atomic E-state index is 11.4. The fourth-order valence-corrected chi connectivity index (χ4v) is 1.76. The van der Waals surface area contributed by atoms with Crippen molar-refractivity contribution in [3.8, 4) is 6.07 Å². The molecule has 2 rings (SSSR count). The molecule has 1 heterocycles. The maximum Gasteiger partial charge on any atom is 0.347 e. The SMILES string of the molecule is CCc1ccc(N(C)c2cc(C#N)[nH]c(=O)n2)cc1. The predicted molar refractivity (Wildman–Crippen MR) is 73.5 cm³/mol. The second-order valence-electron chi connectivity index (χ2n) is 4.15. The van der Waals surface area contributed by atoms with Gasteiger partial charge in [0, 0.05) is 18.8 Å². The van der Waals surface area contributed by atoms with Crippen LogP contribution in [-0.4, -0.2) is 17.0 Å². The summed E-state index contributed by atoms with van der Waals surface area (Å²) in [4.78, 5) is 19.4. The van der Waals surface area contributed by atoms with Crippen LogP contribution in [0.3, 0.4) is 0 Å². The lowest BCUT2D eigenvalue weighted by Crippen LogP contribution is -2.19. The molecule has 0 atom stereocenters. The van der Waals surface area contributed by atoms with Crippen LogP contribution in [0.1, 0.15) is 18.2 Å². The van der Waals surface area contributed by atoms with Gasteiger partial charge in [0.15, 0.2) is 0 Å². The second-order valence-corrected chi connectivity index (χ2v) is 4.15. The molecule has 1 aromatic carbocycles. The first-order valence-electron chi connectivity index (χ1n) is 5.98. The first-order chi connectivity index (χ1) is 9.13. The quantitative estimate of drug-likeness (QED) is 0.908. The van der Waals surface area contributed by atoms with Crippen LogP contribution in [0, 0.1) is 11.3 Å². The third-order valence-corrected chi connectivity index (χ3v) is 2.93. The molecule has 0 amide bonds. The first kappa shape index (κ1) is 12.8. The van der Waals surface area contributed by atoms with Gasteiger partial charge in [-0.15, -0.1) is 0 Å². The Morgan fingerprint density at radius 1 is 1.37 bits per heavy atom. The van der Waals surface area contributed by atoms with Crippen molar-refractivity contribution in [2.24, 2.45) is 0 Å². The molecular weight excluding hydrogens is 240 g/mol. The van der Waals surface area contributed by atoms with Crippen molar-refractivity contribution in [3.05, 3.63) is 52.1 Å². The van der Waals surface area contributed by atoms with Gasteiger partial charge in [0.25, 0.3) is 0 Å². The smallest absolute Gasteiger partial charge is 0.329 e. The van der Waals surface area contributed by atoms with Crippen LogP contribution in [0.5, 0.6) is 0 Å². The van der Waals surface area contributed by atoms with Crippen LogP contribution in [0.2, 0.25) is 0 Å². The summed E-state index contributed by atoms with van der Waals surface area (Å²) in [5, 5.41) is 8.84. The van der Waals surface area contributed by atoms with E-state index in [2.05, 4.69) is 16.9 Å². The standard InChI is InChI=1S/C14H14N4O/c1-3-10-4-6-12(7-5-10)18(2)13-8-11(9-15)16-14(19)17-13/h4-8H,3H2,1-2H3,(H,16,17,19). The average molecular weight is 254 g/mol. The largest absolute Gasteiger partial charge is 0.347 e. The highest BCUT2D eigenvalue weighted by molar-refractivity contribution is 5.59. The number of anilines is 2. The minimum Gasteiger partial charge on any atom is -0.329 e. The number of H-pyrrole nitrogens is 1. The molecule has 1 aromatic heterocycles. The van der Waals surface area contributed by atoms with E-state index in [0.717, 1.165) is 12.1 Å². The van der Waals surface area contributed by atoms with Crippen molar-refractivity contribution in [2.75, 3.05) is 11.9 Å². The van der Waals surface area contributed by atoms with Crippen molar-refractivity contribution in [1.29, 1.82) is 5.26 Å². The number of hydrogen-bond donors (Lipinski definition) is 1. The van der Waals surface area contributed by atoms with E-state index in [0.29, 0.717) is 5.82 Å². The van der Waals surface area contributed by atoms with Crippen LogP contribution >= 0.6 is 0 Å². The molecule has 0 unspecified atom stereocenters. The highest BCUT2D eigenvalue weighted by Crippen LogP contribution is 2.21. The molecule has 2 aromatic rings. The summed E-state index contributed by atoms with van der Waals surface area (Å²) in [6.07, 6.45) is 0.978. The number of nitriles is 1. The summed E-state index contributed by atoms with van der Waals surface area (Å²) in [6.45, 7) is 2.09. The number of aromatic amines is 1. The third kappa shape index (κ3) is 2.80. The predicted octanol–water partition coefficient (Wildman–Crippen LogP) is 1.97. The Morgan fingerprint density at radius 2 is 2.05 bits per heavy atom. The van der Waals surface area contributed by atoms with E-state index in [-0.39, 0.29) is 5.69 Å². The molecule has 0 saturated carbocycles. The second kappa shape index (κ2) is 5.36. The summed E-state index contributed by atoms with van der Waals surface area (Å²) in [6, 6.07) is 11.5. The van der Waals surface area contributed by atoms with Crippen molar-refractivity contribution in [3.63, 3.8) is 0 Å². The van der Waals surface area contributed by atoms with Gasteiger partial charge in [-0.2, -0.15) is 10.2 Å². The molecule has 1 N–H and O–H groups in total. The summed E-state index contributed by atoms with van der Waals surface area (Å²) in [7, 11) is 1.81. The lowest BCUT2D eigenvalue weighted by Gasteiger charge is -2.18. The molecule has 0 bridgehead atoms. The number of aromatic nitrogens is 2. The summed E-state index contributed by atoms with van der Waals surface area (Å²) >= 11 is 0. The summed E-state index contributed by atoms with van der Waals surface area (Å²) < 4.78 is 0. The zero-order valence-corrected chi connectivity index (χ0v) is 10.8. The van der Waals surface area contributed by atoms with Crippen LogP contribution in [-0.2, 0) is 6.42 Å². The van der Waals surface area contributed by atoms with Gasteiger partial charge in [-0.1, -0.05) is 19.1 Å². The van der Waals surface area contributed by atoms with Gasteiger partial charge in [0.05, 0.1) is 0 Å². The van der Waals surface area contributed by atoms with Gasteiger partial charge in [0.2, 0.25) is 0 Å². The number of benzene rings is 1. The highest BCUT2D eigenvalue weighted by atomic mass is 16.1. The Morgan fingerprint density at radius 3 is 2.63 bits per heavy atom. The van der Waals surface area contributed by atoms with E-state index < -0.39 is 5.69 Å². The van der Waals surface area contributed by atoms with Crippen molar-refractivity contribution in [1.82, 2.24) is 9.97 Å². The normalized spacial score (nSPS) is 9.95. The third-order valence-electron chi connectivity index (χ3n) is 2.93. The average Bonchev–Trinajstić information content (AvgIpc) is 2.46. The summed E-state index contributed by atoms with van der Waals surface area (Å²) in [5.41, 5.74) is 1.84. The van der Waals surface area contributed by atoms with Gasteiger partial charge in [-0.25, -0.2) is 4.79 Å². The van der Waals surface area contributed by atoms with Crippen LogP contribution in [0.15, 0.2) is 35.1 Å². The zero-order chi connectivity index (χ0) is 13.8. The van der Waals surface area contributed by atoms with Gasteiger partial charge >= 0.3 is 5.69 Å². The van der Waals surface area contributed by atoms with Gasteiger partial charge in [0.1, 0.15) is 17.6 Å². The zero-order valence-electron chi connectivity index (χ0n) is 10.8. The molecular formula is C14H14N4O. The van der Waals surface area contributed by atoms with E-state index >= 15 is 0 Å². The highest BCUT2D eigenvalue weighted by Gasteiger charge is 2.08. The molecule has 0 fully saturated rings. The molecule has 19 heavy (non-hydrogen) atoms. The molecule has 0 saturated heterocycles. The molecule has 0 aliphatic rings. The van der Waals surface area contributed by atoms with E-state index in [1.165, 1.54) is 5.56 Å². The lowest BCUT2D eigenvalue weighted by molar-refractivity contribution is 1.01. The van der Waals surface area contributed by atoms with E-state index in [9.17, 15) is 4.79 Å². The van der Waals surface area contributed by atoms with Gasteiger partial charge < -0.3 is 4.90 Å². The van der Waals surface area contributed by atoms with Gasteiger partial charge in [-0.3, -0.25) is 4.98 Å². The fraction of sp³-hybridized carbons (Fsp3) is 0.214. The number of nitrogens with one attached hydrogen (secondary N) is 1. The maximum atomic E-state index is 11.4. The Kier molecular flexibility index (Phi) is 3.62. The van der Waals surface area contributed by atoms with Crippen LogP contribution in [0.25, 0.3) is 0 Å². The van der Waals surface area contributed by atoms with Crippen molar-refractivity contribution in [2.45, 2.75) is 13.3 Å². The molecule has 0 aliphatic heterocycles. The monoisotopic (exact) mass is 254 g/mol. The van der Waals surface area contributed by atoms with E-state index in [1.54, 1.807) is 11.0 Å². The van der Waals surface area contributed by atoms with Crippen molar-refractivity contribution >= 4 is 11.5 Å². The molecule has 0 spiro atoms. The van der Waals surface area contributed by atoms with Crippen LogP contribution in [0.4, 0.5) is 11.5 Å². The lowest BCUT2D eigenvalue weighted by atomic mass is 10.1. The number of hydrogen-bond acceptors (Lipinski definition) is 4. The first-order valence-corrected chi connectivity index (χ1v) is 5.98. The molecule has 96 valence electrons. The van der Waals surface area contributed by atoms with Gasteiger partial charge in [-0.05, 0) is 24.1 Å². The number of nitrogens with zero attached hydrogens (tertiary/aromatic N) is 3. The summed E-state index contributed by atoms with van der Waals surface area (Å²) in [5.74, 6) is 0.449. The van der Waals surface area contributed by atoms with E-state index in [4.69, 9.17) is 5.26 Å². The van der Waals surface area contributed by atoms with Crippen molar-refractivity contribution < 1.29 is 0 Å². The topological polar surface area (TPSA) is 72.8 Å². The Hall–Kier alpha value is -2.61. The Balaban J connectivity index is 2.38. The minimum absolute atomic E-state index is 0.201. The van der Waals surface area contributed by atoms with Crippen LogP contribution < -0.4 is 10.6 Å². The fourth-order valence-electron chi connectivity index (χ4n) is 1.76. The Labute approximate surface area is 111 Å². The van der Waals surface area contributed by atoms with E-state index in [1.807, 2.05) is 37.4 Å². The number of aryl methyl sites for hydroxylation is 1. The molecule has 5 nitrogen and oxygen atoms in total. The molecule has 0 aliphatic carbocycles. The molecule has 5 heteroatoms. The number of rotatable bonds is 3. The minimum atomic E-state index is -0.522.